The molecule has 29 heavy (non-hydrogen) atoms. The molecule has 2 aromatic rings. The third-order valence-electron chi connectivity index (χ3n) is 4.50. The molecular formula is C18H22FN5O4S. The van der Waals surface area contributed by atoms with Crippen molar-refractivity contribution in [2.45, 2.75) is 12.1 Å². The summed E-state index contributed by atoms with van der Waals surface area (Å²) >= 11 is 0. The standard InChI is InChI=1S/C18H22FN5O4S/c1-29(27,28)22-16-10-23(9-14(16)20)11-17(25)21-15-6-5-12(8-13(15)19)24-7-3-2-4-18(24)26/h2-8,14,16,22H,9-11,20H2,1H3,(H,21,25)/t14-,16?/m0/s1. The summed E-state index contributed by atoms with van der Waals surface area (Å²) in [5.74, 6) is -1.14. The Kier molecular flexibility index (Phi) is 6.13. The predicted molar refractivity (Wildman–Crippen MR) is 107 cm³/mol. The van der Waals surface area contributed by atoms with Crippen LogP contribution < -0.4 is 21.3 Å². The van der Waals surface area contributed by atoms with Crippen LogP contribution in [0.15, 0.2) is 47.4 Å². The molecule has 2 atom stereocenters. The molecule has 1 fully saturated rings. The summed E-state index contributed by atoms with van der Waals surface area (Å²) in [5.41, 5.74) is 5.95. The lowest BCUT2D eigenvalue weighted by atomic mass is 10.2. The van der Waals surface area contributed by atoms with Gasteiger partial charge in [-0.3, -0.25) is 19.1 Å². The minimum absolute atomic E-state index is 0.0166. The van der Waals surface area contributed by atoms with Crippen molar-refractivity contribution < 1.29 is 17.6 Å². The predicted octanol–water partition coefficient (Wildman–Crippen LogP) is -0.524. The van der Waals surface area contributed by atoms with E-state index in [-0.39, 0.29) is 24.3 Å². The molecule has 2 heterocycles. The number of nitrogens with one attached hydrogen (secondary N) is 2. The number of halogens is 1. The second kappa shape index (κ2) is 8.41. The number of likely N-dealkylation sites (tertiary alicyclic amines) is 1. The van der Waals surface area contributed by atoms with E-state index in [1.54, 1.807) is 17.0 Å². The summed E-state index contributed by atoms with van der Waals surface area (Å²) in [7, 11) is -3.41. The lowest BCUT2D eigenvalue weighted by molar-refractivity contribution is -0.117. The molecule has 1 aromatic carbocycles. The molecule has 1 aliphatic heterocycles. The van der Waals surface area contributed by atoms with Crippen LogP contribution >= 0.6 is 0 Å². The summed E-state index contributed by atoms with van der Waals surface area (Å²) < 4.78 is 40.9. The highest BCUT2D eigenvalue weighted by Crippen LogP contribution is 2.18. The number of benzene rings is 1. The van der Waals surface area contributed by atoms with Gasteiger partial charge in [0.05, 0.1) is 30.2 Å². The highest BCUT2D eigenvalue weighted by atomic mass is 32.2. The van der Waals surface area contributed by atoms with Crippen molar-refractivity contribution in [3.05, 3.63) is 58.8 Å². The third kappa shape index (κ3) is 5.48. The van der Waals surface area contributed by atoms with Crippen LogP contribution in [-0.2, 0) is 14.8 Å². The Bertz CT molecular complexity index is 1070. The summed E-state index contributed by atoms with van der Waals surface area (Å²) in [6.45, 7) is 0.550. The van der Waals surface area contributed by atoms with Crippen LogP contribution in [0.5, 0.6) is 0 Å². The Morgan fingerprint density at radius 1 is 1.28 bits per heavy atom. The molecule has 1 unspecified atom stereocenters. The van der Waals surface area contributed by atoms with Crippen LogP contribution in [0.1, 0.15) is 0 Å². The normalized spacial score (nSPS) is 20.0. The molecule has 156 valence electrons. The fourth-order valence-electron chi connectivity index (χ4n) is 3.23. The summed E-state index contributed by atoms with van der Waals surface area (Å²) in [6, 6.07) is 7.74. The summed E-state index contributed by atoms with van der Waals surface area (Å²) in [6.07, 6.45) is 2.57. The van der Waals surface area contributed by atoms with E-state index in [4.69, 9.17) is 5.73 Å². The highest BCUT2D eigenvalue weighted by Gasteiger charge is 2.32. The number of amides is 1. The van der Waals surface area contributed by atoms with Gasteiger partial charge in [-0.15, -0.1) is 0 Å². The van der Waals surface area contributed by atoms with E-state index in [2.05, 4.69) is 10.0 Å². The second-order valence-corrected chi connectivity index (χ2v) is 8.76. The molecule has 0 spiro atoms. The quantitative estimate of drug-likeness (QED) is 0.574. The van der Waals surface area contributed by atoms with Gasteiger partial charge in [0, 0.05) is 37.5 Å². The van der Waals surface area contributed by atoms with Crippen LogP contribution in [0, 0.1) is 5.82 Å². The van der Waals surface area contributed by atoms with E-state index < -0.39 is 33.8 Å². The number of carbonyl (C=O) groups is 1. The molecule has 4 N–H and O–H groups in total. The number of hydrogen-bond donors (Lipinski definition) is 3. The van der Waals surface area contributed by atoms with Crippen molar-refractivity contribution in [2.75, 3.05) is 31.2 Å². The number of carbonyl (C=O) groups excluding carboxylic acids is 1. The van der Waals surface area contributed by atoms with E-state index >= 15 is 0 Å². The second-order valence-electron chi connectivity index (χ2n) is 6.98. The largest absolute Gasteiger partial charge is 0.325 e. The van der Waals surface area contributed by atoms with Gasteiger partial charge in [0.2, 0.25) is 15.9 Å². The van der Waals surface area contributed by atoms with Gasteiger partial charge in [0.1, 0.15) is 5.82 Å². The summed E-state index contributed by atoms with van der Waals surface area (Å²) in [4.78, 5) is 25.8. The fourth-order valence-corrected chi connectivity index (χ4v) is 4.03. The molecule has 11 heteroatoms. The van der Waals surface area contributed by atoms with E-state index in [1.807, 2.05) is 0 Å². The lowest BCUT2D eigenvalue weighted by Gasteiger charge is -2.16. The van der Waals surface area contributed by atoms with Gasteiger partial charge in [-0.2, -0.15) is 0 Å². The van der Waals surface area contributed by atoms with Crippen molar-refractivity contribution in [3.8, 4) is 5.69 Å². The first kappa shape index (κ1) is 21.1. The number of aromatic nitrogens is 1. The van der Waals surface area contributed by atoms with Crippen molar-refractivity contribution in [1.29, 1.82) is 0 Å². The zero-order chi connectivity index (χ0) is 21.2. The molecule has 3 rings (SSSR count). The number of rotatable bonds is 6. The monoisotopic (exact) mass is 423 g/mol. The molecule has 9 nitrogen and oxygen atoms in total. The minimum Gasteiger partial charge on any atom is -0.325 e. The van der Waals surface area contributed by atoms with Gasteiger partial charge in [0.25, 0.3) is 5.56 Å². The minimum atomic E-state index is -3.41. The summed E-state index contributed by atoms with van der Waals surface area (Å²) in [5, 5.41) is 2.49. The van der Waals surface area contributed by atoms with Gasteiger partial charge >= 0.3 is 0 Å². The molecule has 1 aromatic heterocycles. The highest BCUT2D eigenvalue weighted by molar-refractivity contribution is 7.88. The molecule has 0 bridgehead atoms. The number of sulfonamides is 1. The van der Waals surface area contributed by atoms with E-state index in [0.29, 0.717) is 12.2 Å². The Morgan fingerprint density at radius 2 is 2.03 bits per heavy atom. The van der Waals surface area contributed by atoms with Crippen LogP contribution in [0.2, 0.25) is 0 Å². The molecule has 1 aliphatic rings. The molecule has 0 radical (unpaired) electrons. The molecule has 1 saturated heterocycles. The van der Waals surface area contributed by atoms with Crippen molar-refractivity contribution in [1.82, 2.24) is 14.2 Å². The van der Waals surface area contributed by atoms with Crippen LogP contribution in [0.25, 0.3) is 5.69 Å². The van der Waals surface area contributed by atoms with Gasteiger partial charge in [-0.25, -0.2) is 17.5 Å². The SMILES string of the molecule is CS(=O)(=O)NC1CN(CC(=O)Nc2ccc(-n3ccccc3=O)cc2F)C[C@@H]1N. The zero-order valence-corrected chi connectivity index (χ0v) is 16.5. The van der Waals surface area contributed by atoms with Crippen molar-refractivity contribution >= 4 is 21.6 Å². The lowest BCUT2D eigenvalue weighted by Crippen LogP contribution is -2.46. The molecule has 1 amide bonds. The Morgan fingerprint density at radius 3 is 2.69 bits per heavy atom. The van der Waals surface area contributed by atoms with Gasteiger partial charge in [-0.1, -0.05) is 6.07 Å². The maximum atomic E-state index is 14.4. The van der Waals surface area contributed by atoms with E-state index in [9.17, 15) is 22.4 Å². The maximum Gasteiger partial charge on any atom is 0.255 e. The molecule has 0 aliphatic carbocycles. The van der Waals surface area contributed by atoms with Crippen molar-refractivity contribution in [2.24, 2.45) is 5.73 Å². The van der Waals surface area contributed by atoms with E-state index in [0.717, 1.165) is 12.3 Å². The third-order valence-corrected chi connectivity index (χ3v) is 5.23. The van der Waals surface area contributed by atoms with Crippen LogP contribution in [-0.4, -0.2) is 61.8 Å². The van der Waals surface area contributed by atoms with Gasteiger partial charge in [0.15, 0.2) is 0 Å². The van der Waals surface area contributed by atoms with Crippen LogP contribution in [0.3, 0.4) is 0 Å². The Labute approximate surface area is 167 Å². The van der Waals surface area contributed by atoms with Crippen molar-refractivity contribution in [3.63, 3.8) is 0 Å². The number of nitrogens with two attached hydrogens (primary N) is 1. The Hall–Kier alpha value is -2.60. The molecular weight excluding hydrogens is 401 g/mol. The van der Waals surface area contributed by atoms with Crippen LogP contribution in [0.4, 0.5) is 10.1 Å². The first-order valence-electron chi connectivity index (χ1n) is 8.85. The van der Waals surface area contributed by atoms with E-state index in [1.165, 1.54) is 29.0 Å². The average molecular weight is 423 g/mol. The smallest absolute Gasteiger partial charge is 0.255 e. The van der Waals surface area contributed by atoms with Gasteiger partial charge in [-0.05, 0) is 18.2 Å². The number of hydrogen-bond acceptors (Lipinski definition) is 6. The van der Waals surface area contributed by atoms with Gasteiger partial charge < -0.3 is 11.1 Å². The number of pyridine rings is 1. The topological polar surface area (TPSA) is 127 Å². The maximum absolute atomic E-state index is 14.4. The molecule has 0 saturated carbocycles. The Balaban J connectivity index is 1.63. The fraction of sp³-hybridized carbons (Fsp3) is 0.333. The zero-order valence-electron chi connectivity index (χ0n) is 15.7. The number of anilines is 1. The first-order valence-corrected chi connectivity index (χ1v) is 10.7. The first-order chi connectivity index (χ1) is 13.6. The average Bonchev–Trinajstić information content (AvgIpc) is 2.94. The number of nitrogens with zero attached hydrogens (tertiary/aromatic N) is 2.